The molecule has 2 atom stereocenters. The van der Waals surface area contributed by atoms with Gasteiger partial charge in [-0.1, -0.05) is 11.8 Å². The van der Waals surface area contributed by atoms with E-state index < -0.39 is 9.84 Å². The van der Waals surface area contributed by atoms with E-state index in [1.807, 2.05) is 0 Å². The minimum absolute atomic E-state index is 0. The van der Waals surface area contributed by atoms with Crippen LogP contribution in [0.2, 0.25) is 0 Å². The first-order chi connectivity index (χ1) is 5.07. The number of sulfone groups is 1. The molecule has 0 aromatic carbocycles. The number of rotatable bonds is 0. The Hall–Kier alpha value is 0.0600. The fourth-order valence-electron chi connectivity index (χ4n) is 1.38. The summed E-state index contributed by atoms with van der Waals surface area (Å²) in [6.45, 7) is 0. The third kappa shape index (κ3) is 1.70. The highest BCUT2D eigenvalue weighted by Crippen LogP contribution is 2.32. The van der Waals surface area contributed by atoms with E-state index in [4.69, 9.17) is 5.73 Å². The number of hydrogen-bond donors (Lipinski definition) is 1. The van der Waals surface area contributed by atoms with Gasteiger partial charge in [0.25, 0.3) is 0 Å². The molecule has 7 heteroatoms. The van der Waals surface area contributed by atoms with Gasteiger partial charge in [-0.15, -0.1) is 12.4 Å². The van der Waals surface area contributed by atoms with E-state index in [0.717, 1.165) is 0 Å². The normalized spacial score (nSPS) is 36.8. The molecule has 2 heterocycles. The molecule has 0 aromatic heterocycles. The smallest absolute Gasteiger partial charge is 0.154 e. The van der Waals surface area contributed by atoms with Crippen LogP contribution in [-0.4, -0.2) is 36.4 Å². The Labute approximate surface area is 81.3 Å². The number of nitrogens with two attached hydrogens (primary N) is 1. The van der Waals surface area contributed by atoms with Crippen LogP contribution in [0.1, 0.15) is 0 Å². The van der Waals surface area contributed by atoms with Crippen LogP contribution >= 0.6 is 24.2 Å². The van der Waals surface area contributed by atoms with Crippen molar-refractivity contribution >= 4 is 39.2 Å². The first-order valence-electron chi connectivity index (χ1n) is 3.27. The number of thioether (sulfide) groups is 1. The molecule has 0 bridgehead atoms. The maximum absolute atomic E-state index is 11.0. The highest BCUT2D eigenvalue weighted by atomic mass is 35.5. The lowest BCUT2D eigenvalue weighted by Gasteiger charge is -1.99. The molecule has 0 amide bonds. The summed E-state index contributed by atoms with van der Waals surface area (Å²) >= 11 is 1.39. The van der Waals surface area contributed by atoms with Gasteiger partial charge in [-0.2, -0.15) is 0 Å². The van der Waals surface area contributed by atoms with Crippen molar-refractivity contribution in [3.63, 3.8) is 0 Å². The summed E-state index contributed by atoms with van der Waals surface area (Å²) in [4.78, 5) is 4.02. The number of fused-ring (bicyclic) bond motifs is 1. The molecule has 2 unspecified atom stereocenters. The molecule has 2 rings (SSSR count). The maximum Gasteiger partial charge on any atom is 0.154 e. The molecule has 1 fully saturated rings. The lowest BCUT2D eigenvalue weighted by molar-refractivity contribution is 0.601. The summed E-state index contributed by atoms with van der Waals surface area (Å²) in [5, 5.41) is 0.634. The molecule has 70 valence electrons. The van der Waals surface area contributed by atoms with E-state index in [1.54, 1.807) is 0 Å². The molecule has 2 aliphatic rings. The molecular formula is C5H9ClN2O2S2. The molecule has 4 nitrogen and oxygen atoms in total. The van der Waals surface area contributed by atoms with Gasteiger partial charge in [0.15, 0.2) is 15.0 Å². The second kappa shape index (κ2) is 3.08. The third-order valence-electron chi connectivity index (χ3n) is 1.84. The Bertz CT molecular complexity index is 313. The summed E-state index contributed by atoms with van der Waals surface area (Å²) in [7, 11) is -2.81. The van der Waals surface area contributed by atoms with Gasteiger partial charge in [0.1, 0.15) is 0 Å². The summed E-state index contributed by atoms with van der Waals surface area (Å²) in [5.41, 5.74) is 5.43. The van der Waals surface area contributed by atoms with E-state index in [9.17, 15) is 8.42 Å². The quantitative estimate of drug-likeness (QED) is 0.615. The van der Waals surface area contributed by atoms with Gasteiger partial charge < -0.3 is 5.73 Å². The van der Waals surface area contributed by atoms with Gasteiger partial charge in [0.2, 0.25) is 0 Å². The van der Waals surface area contributed by atoms with E-state index in [1.165, 1.54) is 11.8 Å². The summed E-state index contributed by atoms with van der Waals surface area (Å²) in [6, 6.07) is -0.0648. The second-order valence-corrected chi connectivity index (χ2v) is 6.18. The fraction of sp³-hybridized carbons (Fsp3) is 0.800. The van der Waals surface area contributed by atoms with Crippen LogP contribution in [0, 0.1) is 0 Å². The van der Waals surface area contributed by atoms with Gasteiger partial charge in [0.05, 0.1) is 17.5 Å². The SMILES string of the molecule is Cl.NC1=NC2CS(=O)(=O)CC2S1. The molecule has 12 heavy (non-hydrogen) atoms. The molecule has 1 saturated heterocycles. The van der Waals surface area contributed by atoms with Crippen molar-refractivity contribution < 1.29 is 8.42 Å². The standard InChI is InChI=1S/C5H8N2O2S2.ClH/c6-5-7-3-1-11(8,9)2-4(3)10-5;/h3-4H,1-2H2,(H2,6,7);1H. The zero-order valence-corrected chi connectivity index (χ0v) is 8.58. The number of amidine groups is 1. The number of hydrogen-bond acceptors (Lipinski definition) is 5. The van der Waals surface area contributed by atoms with Crippen LogP contribution in [-0.2, 0) is 9.84 Å². The average molecular weight is 229 g/mol. The first kappa shape index (κ1) is 10.1. The Kier molecular flexibility index (Phi) is 2.60. The van der Waals surface area contributed by atoms with Gasteiger partial charge >= 0.3 is 0 Å². The molecule has 2 aliphatic heterocycles. The van der Waals surface area contributed by atoms with E-state index in [0.29, 0.717) is 5.17 Å². The zero-order valence-electron chi connectivity index (χ0n) is 6.13. The molecule has 0 aromatic rings. The topological polar surface area (TPSA) is 72.5 Å². The molecule has 0 aliphatic carbocycles. The van der Waals surface area contributed by atoms with Crippen LogP contribution in [0.5, 0.6) is 0 Å². The van der Waals surface area contributed by atoms with E-state index >= 15 is 0 Å². The monoisotopic (exact) mass is 228 g/mol. The summed E-state index contributed by atoms with van der Waals surface area (Å²) in [6.07, 6.45) is 0. The largest absolute Gasteiger partial charge is 0.379 e. The number of nitrogens with zero attached hydrogens (tertiary/aromatic N) is 1. The Morgan fingerprint density at radius 1 is 1.50 bits per heavy atom. The Morgan fingerprint density at radius 3 is 2.75 bits per heavy atom. The van der Waals surface area contributed by atoms with Gasteiger partial charge in [-0.3, -0.25) is 4.99 Å². The van der Waals surface area contributed by atoms with Crippen molar-refractivity contribution in [2.24, 2.45) is 10.7 Å². The van der Waals surface area contributed by atoms with Gasteiger partial charge in [-0.25, -0.2) is 8.42 Å². The van der Waals surface area contributed by atoms with Crippen LogP contribution < -0.4 is 5.73 Å². The molecule has 2 N–H and O–H groups in total. The molecule has 0 radical (unpaired) electrons. The summed E-state index contributed by atoms with van der Waals surface area (Å²) < 4.78 is 22.1. The fourth-order valence-corrected chi connectivity index (χ4v) is 4.90. The second-order valence-electron chi connectivity index (χ2n) is 2.77. The zero-order chi connectivity index (χ0) is 8.06. The number of halogens is 1. The van der Waals surface area contributed by atoms with Crippen molar-refractivity contribution in [1.82, 2.24) is 0 Å². The predicted octanol–water partition coefficient (Wildman–Crippen LogP) is -0.365. The van der Waals surface area contributed by atoms with Crippen molar-refractivity contribution in [2.45, 2.75) is 11.3 Å². The van der Waals surface area contributed by atoms with Crippen LogP contribution in [0.4, 0.5) is 0 Å². The van der Waals surface area contributed by atoms with E-state index in [2.05, 4.69) is 4.99 Å². The van der Waals surface area contributed by atoms with Crippen LogP contribution in [0.15, 0.2) is 4.99 Å². The lowest BCUT2D eigenvalue weighted by atomic mass is 10.3. The average Bonchev–Trinajstić information content (AvgIpc) is 2.17. The third-order valence-corrected chi connectivity index (χ3v) is 4.90. The Morgan fingerprint density at radius 2 is 2.17 bits per heavy atom. The van der Waals surface area contributed by atoms with Gasteiger partial charge in [-0.05, 0) is 0 Å². The molecule has 0 saturated carbocycles. The predicted molar refractivity (Wildman–Crippen MR) is 52.7 cm³/mol. The minimum atomic E-state index is -2.81. The van der Waals surface area contributed by atoms with Crippen molar-refractivity contribution in [3.05, 3.63) is 0 Å². The number of aliphatic imine (C=N–C) groups is 1. The van der Waals surface area contributed by atoms with Crippen molar-refractivity contribution in [3.8, 4) is 0 Å². The highest BCUT2D eigenvalue weighted by molar-refractivity contribution is 8.15. The summed E-state index contributed by atoms with van der Waals surface area (Å²) in [5.74, 6) is 0.428. The Balaban J connectivity index is 0.000000720. The van der Waals surface area contributed by atoms with Crippen molar-refractivity contribution in [1.29, 1.82) is 0 Å². The maximum atomic E-state index is 11.0. The molecular weight excluding hydrogens is 220 g/mol. The lowest BCUT2D eigenvalue weighted by Crippen LogP contribution is -2.13. The van der Waals surface area contributed by atoms with Crippen LogP contribution in [0.3, 0.4) is 0 Å². The minimum Gasteiger partial charge on any atom is -0.379 e. The highest BCUT2D eigenvalue weighted by Gasteiger charge is 2.41. The van der Waals surface area contributed by atoms with Gasteiger partial charge in [0, 0.05) is 5.25 Å². The van der Waals surface area contributed by atoms with Crippen LogP contribution in [0.25, 0.3) is 0 Å². The molecule has 0 spiro atoms. The first-order valence-corrected chi connectivity index (χ1v) is 5.97. The van der Waals surface area contributed by atoms with Crippen molar-refractivity contribution in [2.75, 3.05) is 11.5 Å². The van der Waals surface area contributed by atoms with E-state index in [-0.39, 0.29) is 35.2 Å².